The van der Waals surface area contributed by atoms with Gasteiger partial charge in [-0.25, -0.2) is 14.8 Å². The first-order valence-electron chi connectivity index (χ1n) is 16.7. The molecule has 2 saturated carbocycles. The van der Waals surface area contributed by atoms with E-state index in [4.69, 9.17) is 4.98 Å². The van der Waals surface area contributed by atoms with Gasteiger partial charge >= 0.3 is 6.03 Å². The lowest BCUT2D eigenvalue weighted by Crippen LogP contribution is -2.46. The maximum atomic E-state index is 13.9. The van der Waals surface area contributed by atoms with Gasteiger partial charge in [0, 0.05) is 50.2 Å². The van der Waals surface area contributed by atoms with E-state index in [0.29, 0.717) is 29.7 Å². The van der Waals surface area contributed by atoms with Crippen LogP contribution >= 0.6 is 11.9 Å². The van der Waals surface area contributed by atoms with Crippen molar-refractivity contribution in [2.24, 2.45) is 23.2 Å². The molecule has 44 heavy (non-hydrogen) atoms. The van der Waals surface area contributed by atoms with Crippen molar-refractivity contribution in [3.63, 3.8) is 0 Å². The zero-order valence-corrected chi connectivity index (χ0v) is 27.3. The third-order valence-corrected chi connectivity index (χ3v) is 11.6. The summed E-state index contributed by atoms with van der Waals surface area (Å²) in [5.41, 5.74) is 0.639. The number of aromatic nitrogens is 2. The largest absolute Gasteiger partial charge is 0.370 e. The molecule has 4 atom stereocenters. The Hall–Kier alpha value is -3.01. The Kier molecular flexibility index (Phi) is 7.91. The summed E-state index contributed by atoms with van der Waals surface area (Å²) in [6, 6.07) is 9.60. The van der Waals surface area contributed by atoms with Crippen molar-refractivity contribution in [1.29, 1.82) is 0 Å². The van der Waals surface area contributed by atoms with E-state index in [-0.39, 0.29) is 22.9 Å². The number of urea groups is 1. The van der Waals surface area contributed by atoms with Crippen molar-refractivity contribution in [2.45, 2.75) is 89.1 Å². The van der Waals surface area contributed by atoms with Gasteiger partial charge in [0.15, 0.2) is 0 Å². The van der Waals surface area contributed by atoms with Crippen LogP contribution in [0.25, 0.3) is 0 Å². The number of nitrogens with one attached hydrogen (secondary N) is 2. The van der Waals surface area contributed by atoms with Gasteiger partial charge in [-0.05, 0) is 106 Å². The Bertz CT molecular complexity index is 1410. The number of pyridine rings is 2. The molecule has 3 amide bonds. The molecule has 2 N–H and O–H groups in total. The third kappa shape index (κ3) is 5.86. The third-order valence-electron chi connectivity index (χ3n) is 10.8. The molecule has 10 heteroatoms. The Balaban J connectivity index is 1.16. The molecule has 3 aliphatic heterocycles. The maximum absolute atomic E-state index is 13.9. The highest BCUT2D eigenvalue weighted by Gasteiger charge is 2.46. The van der Waals surface area contributed by atoms with Crippen LogP contribution < -0.4 is 19.8 Å². The zero-order chi connectivity index (χ0) is 30.5. The minimum Gasteiger partial charge on any atom is -0.370 e. The molecule has 2 aromatic rings. The van der Waals surface area contributed by atoms with E-state index < -0.39 is 0 Å². The molecule has 4 fully saturated rings. The summed E-state index contributed by atoms with van der Waals surface area (Å²) in [7, 11) is 0. The van der Waals surface area contributed by atoms with Crippen LogP contribution in [0.4, 0.5) is 22.2 Å². The van der Waals surface area contributed by atoms with Crippen molar-refractivity contribution in [2.75, 3.05) is 47.8 Å². The van der Waals surface area contributed by atoms with Crippen LogP contribution in [-0.4, -0.2) is 65.1 Å². The first-order chi connectivity index (χ1) is 21.2. The number of hydrogen-bond donors (Lipinski definition) is 2. The molecular formula is C34H47N7O2S. The fourth-order valence-corrected chi connectivity index (χ4v) is 9.77. The molecule has 0 radical (unpaired) electrons. The van der Waals surface area contributed by atoms with Crippen molar-refractivity contribution < 1.29 is 9.59 Å². The summed E-state index contributed by atoms with van der Waals surface area (Å²) in [4.78, 5) is 43.7. The molecule has 6 bridgehead atoms. The van der Waals surface area contributed by atoms with Crippen LogP contribution in [0.1, 0.15) is 88.9 Å². The van der Waals surface area contributed by atoms with Crippen LogP contribution in [0.5, 0.6) is 0 Å². The highest BCUT2D eigenvalue weighted by molar-refractivity contribution is 7.97. The molecule has 2 aromatic heterocycles. The second kappa shape index (κ2) is 11.7. The fraction of sp³-hybridized carbons (Fsp3) is 0.647. The molecule has 7 rings (SSSR count). The summed E-state index contributed by atoms with van der Waals surface area (Å²) >= 11 is 1.22. The van der Waals surface area contributed by atoms with E-state index in [1.165, 1.54) is 50.5 Å². The SMILES string of the molecule is CC1CC2CCCC(CN3CCN(c4ccc5c(n4)N4CC(CCCNc6cccc(n6)SNC5=O)CC4(C)C)C3=O)(C1)C2. The van der Waals surface area contributed by atoms with Crippen molar-refractivity contribution >= 4 is 41.3 Å². The number of nitrogens with zero attached hydrogens (tertiary/aromatic N) is 5. The molecule has 5 aliphatic rings. The van der Waals surface area contributed by atoms with Crippen molar-refractivity contribution in [3.8, 4) is 0 Å². The van der Waals surface area contributed by atoms with E-state index in [9.17, 15) is 9.59 Å². The van der Waals surface area contributed by atoms with Gasteiger partial charge in [-0.15, -0.1) is 0 Å². The minimum atomic E-state index is -0.204. The number of amides is 3. The maximum Gasteiger partial charge on any atom is 0.325 e. The molecule has 5 heterocycles. The van der Waals surface area contributed by atoms with Crippen LogP contribution in [0.2, 0.25) is 0 Å². The topological polar surface area (TPSA) is 93.7 Å². The summed E-state index contributed by atoms with van der Waals surface area (Å²) < 4.78 is 3.01. The lowest BCUT2D eigenvalue weighted by molar-refractivity contribution is 0.0251. The molecular weight excluding hydrogens is 570 g/mol. The highest BCUT2D eigenvalue weighted by atomic mass is 32.2. The molecule has 2 saturated heterocycles. The number of anilines is 3. The van der Waals surface area contributed by atoms with Gasteiger partial charge in [0.1, 0.15) is 22.5 Å². The number of hydrogen-bond acceptors (Lipinski definition) is 7. The molecule has 9 nitrogen and oxygen atoms in total. The van der Waals surface area contributed by atoms with Crippen molar-refractivity contribution in [3.05, 3.63) is 35.9 Å². The van der Waals surface area contributed by atoms with E-state index in [1.54, 1.807) is 0 Å². The Morgan fingerprint density at radius 1 is 1.00 bits per heavy atom. The molecule has 4 unspecified atom stereocenters. The fourth-order valence-electron chi connectivity index (χ4n) is 9.17. The van der Waals surface area contributed by atoms with Gasteiger partial charge in [0.05, 0.1) is 5.56 Å². The standard InChI is InChI=1S/C34H47N7O2S/c1-23-17-24-7-5-13-34(18-23,20-24)22-39-15-16-40(32(39)43)28-12-11-26-30(37-28)41-21-25(19-33(41,2)3)8-6-14-35-27-9-4-10-29(36-27)44-38-31(26)42/h4,9-12,23-25H,5-8,13-22H2,1-3H3,(H,35,36)(H,38,42). The normalized spacial score (nSPS) is 30.2. The van der Waals surface area contributed by atoms with Crippen LogP contribution in [-0.2, 0) is 0 Å². The van der Waals surface area contributed by atoms with Gasteiger partial charge < -0.3 is 15.1 Å². The quantitative estimate of drug-likeness (QED) is 0.376. The second-order valence-electron chi connectivity index (χ2n) is 14.9. The summed E-state index contributed by atoms with van der Waals surface area (Å²) in [6.45, 7) is 10.8. The predicted molar refractivity (Wildman–Crippen MR) is 176 cm³/mol. The summed E-state index contributed by atoms with van der Waals surface area (Å²) in [5, 5.41) is 4.17. The molecule has 0 spiro atoms. The van der Waals surface area contributed by atoms with Gasteiger partial charge in [0.2, 0.25) is 0 Å². The average molecular weight is 618 g/mol. The lowest BCUT2D eigenvalue weighted by Gasteiger charge is -2.49. The van der Waals surface area contributed by atoms with Gasteiger partial charge in [-0.1, -0.05) is 25.8 Å². The first-order valence-corrected chi connectivity index (χ1v) is 17.5. The van der Waals surface area contributed by atoms with E-state index in [1.807, 2.05) is 35.2 Å². The van der Waals surface area contributed by atoms with Crippen LogP contribution in [0, 0.1) is 23.2 Å². The summed E-state index contributed by atoms with van der Waals surface area (Å²) in [5.74, 6) is 3.99. The first kappa shape index (κ1) is 29.7. The van der Waals surface area contributed by atoms with Crippen LogP contribution in [0.3, 0.4) is 0 Å². The molecule has 2 aliphatic carbocycles. The Labute approximate surface area is 266 Å². The summed E-state index contributed by atoms with van der Waals surface area (Å²) in [6.07, 6.45) is 10.9. The van der Waals surface area contributed by atoms with Crippen LogP contribution in [0.15, 0.2) is 35.4 Å². The number of carbonyl (C=O) groups is 2. The second-order valence-corrected chi connectivity index (χ2v) is 15.7. The van der Waals surface area contributed by atoms with E-state index in [0.717, 1.165) is 68.1 Å². The zero-order valence-electron chi connectivity index (χ0n) is 26.5. The average Bonchev–Trinajstić information content (AvgIpc) is 3.50. The number of rotatable bonds is 3. The van der Waals surface area contributed by atoms with E-state index in [2.05, 4.69) is 45.6 Å². The van der Waals surface area contributed by atoms with Crippen molar-refractivity contribution in [1.82, 2.24) is 19.6 Å². The molecule has 236 valence electrons. The van der Waals surface area contributed by atoms with E-state index >= 15 is 0 Å². The Morgan fingerprint density at radius 2 is 1.86 bits per heavy atom. The Morgan fingerprint density at radius 3 is 2.75 bits per heavy atom. The monoisotopic (exact) mass is 617 g/mol. The van der Waals surface area contributed by atoms with Gasteiger partial charge in [-0.3, -0.25) is 14.4 Å². The molecule has 0 aromatic carbocycles. The lowest BCUT2D eigenvalue weighted by atomic mass is 9.59. The van der Waals surface area contributed by atoms with Gasteiger partial charge in [0.25, 0.3) is 5.91 Å². The number of carbonyl (C=O) groups excluding carboxylic acids is 2. The number of fused-ring (bicyclic) bond motifs is 8. The highest BCUT2D eigenvalue weighted by Crippen LogP contribution is 2.51. The predicted octanol–water partition coefficient (Wildman–Crippen LogP) is 6.57. The smallest absolute Gasteiger partial charge is 0.325 e. The minimum absolute atomic E-state index is 0.0568. The van der Waals surface area contributed by atoms with Gasteiger partial charge in [-0.2, -0.15) is 0 Å².